The molecule has 25 heteroatoms. The molecule has 0 spiro atoms. The quantitative estimate of drug-likeness (QED) is 0.0184. The van der Waals surface area contributed by atoms with Gasteiger partial charge in [0, 0.05) is 165 Å². The van der Waals surface area contributed by atoms with Crippen LogP contribution in [-0.4, -0.2) is 214 Å². The number of hydrogen-bond acceptors (Lipinski definition) is 17. The largest absolute Gasteiger partial charge is 0.460 e. The molecule has 2 fully saturated rings. The van der Waals surface area contributed by atoms with Gasteiger partial charge >= 0.3 is 18.1 Å². The molecule has 9 rings (SSSR count). The van der Waals surface area contributed by atoms with Gasteiger partial charge in [0.2, 0.25) is 17.7 Å². The van der Waals surface area contributed by atoms with Crippen LogP contribution in [0.4, 0.5) is 26.7 Å². The summed E-state index contributed by atoms with van der Waals surface area (Å²) in [7, 11) is 4.17. The van der Waals surface area contributed by atoms with Crippen LogP contribution in [0.5, 0.6) is 0 Å². The molecular formula is C70H91N13O12. The summed E-state index contributed by atoms with van der Waals surface area (Å²) in [4.78, 5) is 148. The number of anilines is 3. The Hall–Kier alpha value is -9.20. The summed E-state index contributed by atoms with van der Waals surface area (Å²) in [6, 6.07) is 22.3. The lowest BCUT2D eigenvalue weighted by Crippen LogP contribution is -2.54. The lowest BCUT2D eigenvalue weighted by Gasteiger charge is -2.36. The van der Waals surface area contributed by atoms with Gasteiger partial charge in [-0.2, -0.15) is 0 Å². The average molecular weight is 1310 g/mol. The Morgan fingerprint density at radius 1 is 0.589 bits per heavy atom. The van der Waals surface area contributed by atoms with Crippen molar-refractivity contribution in [1.82, 2.24) is 45.8 Å². The zero-order chi connectivity index (χ0) is 68.1. The van der Waals surface area contributed by atoms with Crippen molar-refractivity contribution in [3.8, 4) is 0 Å². The molecule has 0 saturated carbocycles. The lowest BCUT2D eigenvalue weighted by molar-refractivity contribution is -0.155. The second-order valence-electron chi connectivity index (χ2n) is 26.2. The van der Waals surface area contributed by atoms with Crippen molar-refractivity contribution >= 4 is 98.1 Å². The molecule has 2 atom stereocenters. The van der Waals surface area contributed by atoms with Crippen LogP contribution in [0.15, 0.2) is 84.9 Å². The van der Waals surface area contributed by atoms with E-state index in [-0.39, 0.29) is 95.3 Å². The molecule has 0 aliphatic carbocycles. The number of nitrogens with one attached hydrogen (secondary N) is 5. The van der Waals surface area contributed by atoms with Crippen molar-refractivity contribution in [1.29, 1.82) is 0 Å². The third-order valence-electron chi connectivity index (χ3n) is 17.7. The third kappa shape index (κ3) is 17.8. The fraction of sp³-hybridized carbons (Fsp3) is 0.486. The number of piperazine rings is 2. The molecule has 5 aromatic carbocycles. The van der Waals surface area contributed by atoms with E-state index in [0.29, 0.717) is 70.1 Å². The minimum Gasteiger partial charge on any atom is -0.460 e. The summed E-state index contributed by atoms with van der Waals surface area (Å²) in [6.07, 6.45) is 1.03. The Kier molecular flexibility index (Phi) is 23.5. The number of nitrogens with zero attached hydrogens (tertiary/aromatic N) is 7. The minimum atomic E-state index is -1.11. The first-order valence-electron chi connectivity index (χ1n) is 33.0. The number of rotatable bonds is 29. The van der Waals surface area contributed by atoms with E-state index < -0.39 is 59.3 Å². The number of nitrogens with two attached hydrogens (primary N) is 1. The molecule has 0 bridgehead atoms. The van der Waals surface area contributed by atoms with Crippen LogP contribution in [0.1, 0.15) is 127 Å². The van der Waals surface area contributed by atoms with Gasteiger partial charge in [-0.05, 0) is 134 Å². The van der Waals surface area contributed by atoms with E-state index in [4.69, 9.17) is 15.2 Å². The fourth-order valence-electron chi connectivity index (χ4n) is 12.5. The number of benzene rings is 5. The Labute approximate surface area is 554 Å². The summed E-state index contributed by atoms with van der Waals surface area (Å²) in [5.41, 5.74) is 9.27. The van der Waals surface area contributed by atoms with Gasteiger partial charge in [-0.3, -0.25) is 48.2 Å². The van der Waals surface area contributed by atoms with Crippen LogP contribution in [0.2, 0.25) is 0 Å². The van der Waals surface area contributed by atoms with Crippen molar-refractivity contribution < 1.29 is 57.4 Å². The standard InChI is InChI=1S/C70H91N13O12/c1-45(2)61(76-57(84)19-8-9-20-58(85)95-70(3,4)5)63(87)75-54(18-12-30-73-68(71)92)62(86)74-47-23-21-46(22-24-47)44-94-69(93)81(42-43-83-65(89)51-17-11-15-49-56(80-40-36-78(7)37-41-80)28-26-53(60(49)51)67(83)91)32-13-29-72-31-33-82-64(88)50-16-10-14-48-55(79-38-34-77(6)35-39-79)27-25-52(59(48)50)66(82)90/h10-11,14-17,21-28,45,54,61,72H,8-9,12-13,18-20,29-44H2,1-7H3,(H,74,86)(H,75,87)(H,76,84)(H3,71,73,92)/t54-,61?/m0/s1. The van der Waals surface area contributed by atoms with Gasteiger partial charge in [-0.1, -0.05) is 50.2 Å². The normalized spacial score (nSPS) is 15.9. The zero-order valence-corrected chi connectivity index (χ0v) is 55.7. The van der Waals surface area contributed by atoms with E-state index in [1.807, 2.05) is 42.5 Å². The first kappa shape index (κ1) is 70.1. The summed E-state index contributed by atoms with van der Waals surface area (Å²) < 4.78 is 11.2. The highest BCUT2D eigenvalue weighted by Gasteiger charge is 2.37. The maximum absolute atomic E-state index is 14.4. The van der Waals surface area contributed by atoms with Gasteiger partial charge in [-0.15, -0.1) is 0 Å². The molecular weight excluding hydrogens is 1210 g/mol. The Balaban J connectivity index is 0.827. The highest BCUT2D eigenvalue weighted by Crippen LogP contribution is 2.38. The van der Waals surface area contributed by atoms with Crippen molar-refractivity contribution in [2.75, 3.05) is 127 Å². The third-order valence-corrected chi connectivity index (χ3v) is 17.7. The van der Waals surface area contributed by atoms with Crippen LogP contribution in [0.25, 0.3) is 21.5 Å². The van der Waals surface area contributed by atoms with E-state index >= 15 is 0 Å². The van der Waals surface area contributed by atoms with Crippen LogP contribution in [0.3, 0.4) is 0 Å². The van der Waals surface area contributed by atoms with E-state index in [9.17, 15) is 47.9 Å². The van der Waals surface area contributed by atoms with E-state index in [1.165, 1.54) is 14.7 Å². The van der Waals surface area contributed by atoms with Crippen molar-refractivity contribution in [3.05, 3.63) is 113 Å². The van der Waals surface area contributed by atoms with E-state index in [2.05, 4.69) is 60.3 Å². The smallest absolute Gasteiger partial charge is 0.410 e. The Bertz CT molecular complexity index is 3630. The first-order valence-corrected chi connectivity index (χ1v) is 33.0. The summed E-state index contributed by atoms with van der Waals surface area (Å²) >= 11 is 0. The predicted octanol–water partition coefficient (Wildman–Crippen LogP) is 5.92. The molecule has 4 aliphatic heterocycles. The maximum atomic E-state index is 14.4. The highest BCUT2D eigenvalue weighted by atomic mass is 16.6. The number of esters is 1. The molecule has 10 amide bonds. The predicted molar refractivity (Wildman–Crippen MR) is 362 cm³/mol. The molecule has 0 radical (unpaired) electrons. The highest BCUT2D eigenvalue weighted by molar-refractivity contribution is 6.28. The number of imide groups is 2. The van der Waals surface area contributed by atoms with E-state index in [1.54, 1.807) is 77.1 Å². The van der Waals surface area contributed by atoms with Crippen molar-refractivity contribution in [2.24, 2.45) is 11.7 Å². The molecule has 5 aromatic rings. The number of unbranched alkanes of at least 4 members (excludes halogenated alkanes) is 1. The number of primary amides is 1. The molecule has 2 saturated heterocycles. The molecule has 25 nitrogen and oxygen atoms in total. The van der Waals surface area contributed by atoms with Gasteiger partial charge in [0.1, 0.15) is 24.3 Å². The number of hydrogen-bond donors (Lipinski definition) is 6. The molecule has 1 unspecified atom stereocenters. The van der Waals surface area contributed by atoms with Gasteiger partial charge in [0.05, 0.1) is 0 Å². The van der Waals surface area contributed by atoms with Crippen molar-refractivity contribution in [3.63, 3.8) is 0 Å². The number of likely N-dealkylation sites (N-methyl/N-ethyl adjacent to an activating group) is 2. The molecule has 4 heterocycles. The number of ether oxygens (including phenoxy) is 2. The molecule has 7 N–H and O–H groups in total. The lowest BCUT2D eigenvalue weighted by atomic mass is 9.92. The average Bonchev–Trinajstić information content (AvgIpc) is 0.745. The summed E-state index contributed by atoms with van der Waals surface area (Å²) in [5.74, 6) is -3.98. The second-order valence-corrected chi connectivity index (χ2v) is 26.2. The second kappa shape index (κ2) is 31.8. The minimum absolute atomic E-state index is 0.0621. The van der Waals surface area contributed by atoms with E-state index in [0.717, 1.165) is 74.5 Å². The molecule has 508 valence electrons. The number of carbonyl (C=O) groups is 10. The summed E-state index contributed by atoms with van der Waals surface area (Å²) in [6.45, 7) is 16.3. The van der Waals surface area contributed by atoms with Gasteiger partial charge < -0.3 is 66.3 Å². The Morgan fingerprint density at radius 3 is 1.66 bits per heavy atom. The van der Waals surface area contributed by atoms with Crippen LogP contribution < -0.4 is 42.1 Å². The van der Waals surface area contributed by atoms with Crippen molar-refractivity contribution in [2.45, 2.75) is 104 Å². The number of carbonyl (C=O) groups excluding carboxylic acids is 10. The topological polar surface area (TPSA) is 298 Å². The van der Waals surface area contributed by atoms with Crippen LogP contribution in [-0.2, 0) is 35.3 Å². The van der Waals surface area contributed by atoms with Gasteiger partial charge in [-0.25, -0.2) is 9.59 Å². The molecule has 95 heavy (non-hydrogen) atoms. The fourth-order valence-corrected chi connectivity index (χ4v) is 12.5. The van der Waals surface area contributed by atoms with Crippen LogP contribution >= 0.6 is 0 Å². The first-order chi connectivity index (χ1) is 45.5. The van der Waals surface area contributed by atoms with Gasteiger partial charge in [0.15, 0.2) is 0 Å². The monoisotopic (exact) mass is 1310 g/mol. The Morgan fingerprint density at radius 2 is 1.13 bits per heavy atom. The maximum Gasteiger partial charge on any atom is 0.410 e. The molecule has 0 aromatic heterocycles. The number of amides is 10. The summed E-state index contributed by atoms with van der Waals surface area (Å²) in [5, 5.41) is 17.2. The van der Waals surface area contributed by atoms with Gasteiger partial charge in [0.25, 0.3) is 23.6 Å². The van der Waals surface area contributed by atoms with Crippen LogP contribution in [0, 0.1) is 5.92 Å². The number of urea groups is 1. The zero-order valence-electron chi connectivity index (χ0n) is 55.7. The molecule has 4 aliphatic rings. The SMILES string of the molecule is CC(C)C(NC(=O)CCCCC(=O)OC(C)(C)C)C(=O)N[C@@H](CCCNC(N)=O)C(=O)Nc1ccc(COC(=O)N(CCCNCCN2C(=O)c3cccc4c(N5CCN(C)CC5)ccc(c34)C2=O)CCN2C(=O)c3cccc4c(N5CCN(C)CC5)ccc(c34)C2=O)cc1.